The molecule has 0 amide bonds. The SMILES string of the molecule is CCNC(=NC)NCC1(c2cccc(F)c2)CC1.I. The van der Waals surface area contributed by atoms with E-state index in [2.05, 4.69) is 15.6 Å². The van der Waals surface area contributed by atoms with Crippen LogP contribution in [0.4, 0.5) is 4.39 Å². The summed E-state index contributed by atoms with van der Waals surface area (Å²) >= 11 is 0. The van der Waals surface area contributed by atoms with Gasteiger partial charge < -0.3 is 10.6 Å². The molecule has 1 aliphatic rings. The lowest BCUT2D eigenvalue weighted by molar-refractivity contribution is 0.607. The van der Waals surface area contributed by atoms with Crippen molar-refractivity contribution in [2.24, 2.45) is 4.99 Å². The summed E-state index contributed by atoms with van der Waals surface area (Å²) in [6, 6.07) is 6.92. The molecule has 19 heavy (non-hydrogen) atoms. The second kappa shape index (κ2) is 7.07. The van der Waals surface area contributed by atoms with E-state index >= 15 is 0 Å². The largest absolute Gasteiger partial charge is 0.357 e. The van der Waals surface area contributed by atoms with E-state index in [9.17, 15) is 4.39 Å². The average molecular weight is 377 g/mol. The number of aliphatic imine (C=N–C) groups is 1. The topological polar surface area (TPSA) is 36.4 Å². The molecule has 0 aliphatic heterocycles. The van der Waals surface area contributed by atoms with Gasteiger partial charge in [0.15, 0.2) is 5.96 Å². The number of hydrogen-bond donors (Lipinski definition) is 2. The maximum atomic E-state index is 13.3. The van der Waals surface area contributed by atoms with Gasteiger partial charge in [0.2, 0.25) is 0 Å². The third kappa shape index (κ3) is 4.06. The molecule has 0 saturated heterocycles. The molecule has 3 nitrogen and oxygen atoms in total. The summed E-state index contributed by atoms with van der Waals surface area (Å²) in [6.45, 7) is 3.68. The minimum absolute atomic E-state index is 0. The molecule has 5 heteroatoms. The Bertz CT molecular complexity index is 444. The van der Waals surface area contributed by atoms with Crippen molar-refractivity contribution in [2.45, 2.75) is 25.2 Å². The van der Waals surface area contributed by atoms with Gasteiger partial charge in [0.1, 0.15) is 5.82 Å². The van der Waals surface area contributed by atoms with Gasteiger partial charge in [-0.15, -0.1) is 24.0 Å². The minimum Gasteiger partial charge on any atom is -0.357 e. The summed E-state index contributed by atoms with van der Waals surface area (Å²) in [7, 11) is 1.76. The Morgan fingerprint density at radius 2 is 2.11 bits per heavy atom. The molecule has 2 N–H and O–H groups in total. The highest BCUT2D eigenvalue weighted by molar-refractivity contribution is 14.0. The molecule has 0 unspecified atom stereocenters. The Kier molecular flexibility index (Phi) is 6.03. The number of guanidine groups is 1. The summed E-state index contributed by atoms with van der Waals surface area (Å²) in [4.78, 5) is 4.14. The van der Waals surface area contributed by atoms with Crippen LogP contribution >= 0.6 is 24.0 Å². The number of benzene rings is 1. The summed E-state index contributed by atoms with van der Waals surface area (Å²) in [6.07, 6.45) is 2.21. The van der Waals surface area contributed by atoms with Gasteiger partial charge in [0, 0.05) is 25.6 Å². The molecule has 0 spiro atoms. The summed E-state index contributed by atoms with van der Waals surface area (Å²) in [5.41, 5.74) is 1.18. The minimum atomic E-state index is -0.158. The van der Waals surface area contributed by atoms with Crippen molar-refractivity contribution in [2.75, 3.05) is 20.1 Å². The van der Waals surface area contributed by atoms with Crippen molar-refractivity contribution in [3.8, 4) is 0 Å². The molecule has 1 aromatic carbocycles. The first kappa shape index (κ1) is 16.2. The normalized spacial score (nSPS) is 16.5. The molecule has 1 aromatic rings. The van der Waals surface area contributed by atoms with Gasteiger partial charge >= 0.3 is 0 Å². The van der Waals surface area contributed by atoms with E-state index in [4.69, 9.17) is 0 Å². The second-order valence-corrected chi connectivity index (χ2v) is 4.75. The van der Waals surface area contributed by atoms with Crippen LogP contribution in [0.2, 0.25) is 0 Å². The van der Waals surface area contributed by atoms with Crippen LogP contribution < -0.4 is 10.6 Å². The third-order valence-electron chi connectivity index (χ3n) is 3.45. The molecular weight excluding hydrogens is 356 g/mol. The van der Waals surface area contributed by atoms with Gasteiger partial charge in [-0.2, -0.15) is 0 Å². The van der Waals surface area contributed by atoms with Crippen molar-refractivity contribution in [3.05, 3.63) is 35.6 Å². The predicted octanol–water partition coefficient (Wildman–Crippen LogP) is 2.66. The molecule has 0 radical (unpaired) electrons. The van der Waals surface area contributed by atoms with E-state index in [0.717, 1.165) is 37.5 Å². The van der Waals surface area contributed by atoms with Crippen molar-refractivity contribution < 1.29 is 4.39 Å². The first-order valence-electron chi connectivity index (χ1n) is 6.41. The van der Waals surface area contributed by atoms with E-state index in [0.29, 0.717) is 0 Å². The zero-order valence-corrected chi connectivity index (χ0v) is 13.7. The number of rotatable bonds is 4. The average Bonchev–Trinajstić information content (AvgIpc) is 3.16. The van der Waals surface area contributed by atoms with E-state index < -0.39 is 0 Å². The van der Waals surface area contributed by atoms with Crippen LogP contribution in [-0.4, -0.2) is 26.1 Å². The predicted molar refractivity (Wildman–Crippen MR) is 87.8 cm³/mol. The van der Waals surface area contributed by atoms with Crippen LogP contribution in [0, 0.1) is 5.82 Å². The fraction of sp³-hybridized carbons (Fsp3) is 0.500. The fourth-order valence-corrected chi connectivity index (χ4v) is 2.18. The molecule has 0 aromatic heterocycles. The van der Waals surface area contributed by atoms with Crippen molar-refractivity contribution in [3.63, 3.8) is 0 Å². The number of nitrogens with zero attached hydrogens (tertiary/aromatic N) is 1. The molecule has 0 heterocycles. The van der Waals surface area contributed by atoms with Gasteiger partial charge in [0.05, 0.1) is 0 Å². The zero-order valence-electron chi connectivity index (χ0n) is 11.4. The first-order chi connectivity index (χ1) is 8.70. The van der Waals surface area contributed by atoms with Crippen molar-refractivity contribution in [1.29, 1.82) is 0 Å². The number of hydrogen-bond acceptors (Lipinski definition) is 1. The Morgan fingerprint density at radius 3 is 2.63 bits per heavy atom. The van der Waals surface area contributed by atoms with Gasteiger partial charge in [-0.05, 0) is 37.5 Å². The second-order valence-electron chi connectivity index (χ2n) is 4.75. The fourth-order valence-electron chi connectivity index (χ4n) is 2.18. The third-order valence-corrected chi connectivity index (χ3v) is 3.45. The standard InChI is InChI=1S/C14H20FN3.HI/c1-3-17-13(16-2)18-10-14(7-8-14)11-5-4-6-12(15)9-11;/h4-6,9H,3,7-8,10H2,1-2H3,(H2,16,17,18);1H. The van der Waals surface area contributed by atoms with Crippen LogP contribution in [-0.2, 0) is 5.41 Å². The zero-order chi connectivity index (χ0) is 13.0. The quantitative estimate of drug-likeness (QED) is 0.481. The highest BCUT2D eigenvalue weighted by Crippen LogP contribution is 2.47. The maximum absolute atomic E-state index is 13.3. The number of nitrogens with one attached hydrogen (secondary N) is 2. The highest BCUT2D eigenvalue weighted by atomic mass is 127. The molecule has 1 fully saturated rings. The van der Waals surface area contributed by atoms with E-state index in [1.807, 2.05) is 13.0 Å². The van der Waals surface area contributed by atoms with Crippen molar-refractivity contribution in [1.82, 2.24) is 10.6 Å². The molecule has 1 saturated carbocycles. The molecular formula is C14H21FIN3. The maximum Gasteiger partial charge on any atom is 0.190 e. The number of halogens is 2. The lowest BCUT2D eigenvalue weighted by Crippen LogP contribution is -2.41. The van der Waals surface area contributed by atoms with Gasteiger partial charge in [-0.3, -0.25) is 4.99 Å². The Labute approximate surface area is 131 Å². The Hall–Kier alpha value is -0.850. The van der Waals surface area contributed by atoms with Crippen LogP contribution in [0.25, 0.3) is 0 Å². The molecule has 2 rings (SSSR count). The van der Waals surface area contributed by atoms with Gasteiger partial charge in [0.25, 0.3) is 0 Å². The smallest absolute Gasteiger partial charge is 0.190 e. The van der Waals surface area contributed by atoms with E-state index in [-0.39, 0.29) is 35.2 Å². The van der Waals surface area contributed by atoms with Crippen LogP contribution in [0.15, 0.2) is 29.3 Å². The lowest BCUT2D eigenvalue weighted by atomic mass is 9.96. The lowest BCUT2D eigenvalue weighted by Gasteiger charge is -2.18. The summed E-state index contributed by atoms with van der Waals surface area (Å²) in [5.74, 6) is 0.648. The Balaban J connectivity index is 0.00000180. The summed E-state index contributed by atoms with van der Waals surface area (Å²) in [5, 5.41) is 6.47. The first-order valence-corrected chi connectivity index (χ1v) is 6.41. The molecule has 0 bridgehead atoms. The molecule has 0 atom stereocenters. The van der Waals surface area contributed by atoms with Crippen molar-refractivity contribution >= 4 is 29.9 Å². The van der Waals surface area contributed by atoms with Gasteiger partial charge in [-0.25, -0.2) is 4.39 Å². The molecule has 106 valence electrons. The monoisotopic (exact) mass is 377 g/mol. The summed E-state index contributed by atoms with van der Waals surface area (Å²) < 4.78 is 13.3. The Morgan fingerprint density at radius 1 is 1.37 bits per heavy atom. The van der Waals surface area contributed by atoms with Crippen LogP contribution in [0.3, 0.4) is 0 Å². The highest BCUT2D eigenvalue weighted by Gasteiger charge is 2.44. The van der Waals surface area contributed by atoms with Crippen LogP contribution in [0.1, 0.15) is 25.3 Å². The van der Waals surface area contributed by atoms with E-state index in [1.165, 1.54) is 6.07 Å². The van der Waals surface area contributed by atoms with Crippen LogP contribution in [0.5, 0.6) is 0 Å². The molecule has 1 aliphatic carbocycles. The van der Waals surface area contributed by atoms with E-state index in [1.54, 1.807) is 19.2 Å². The van der Waals surface area contributed by atoms with Gasteiger partial charge in [-0.1, -0.05) is 12.1 Å².